The summed E-state index contributed by atoms with van der Waals surface area (Å²) in [6.07, 6.45) is 10.6. The third-order valence-electron chi connectivity index (χ3n) is 6.88. The van der Waals surface area contributed by atoms with Crippen molar-refractivity contribution in [1.29, 1.82) is 0 Å². The van der Waals surface area contributed by atoms with Crippen molar-refractivity contribution < 1.29 is 9.59 Å². The van der Waals surface area contributed by atoms with Gasteiger partial charge in [0.15, 0.2) is 0 Å². The SMILES string of the molecule is C[C@H](C(=O)Nc1nnc(C[C@H]2CC[C@@H](c3nnc(NC(=O)[C@@H](C)c4cccnc4)s3)C2)s1)c1cccnc1. The molecule has 1 aliphatic rings. The van der Waals surface area contributed by atoms with Crippen LogP contribution in [-0.4, -0.2) is 42.2 Å². The second kappa shape index (κ2) is 11.8. The van der Waals surface area contributed by atoms with Crippen molar-refractivity contribution >= 4 is 44.8 Å². The van der Waals surface area contributed by atoms with E-state index in [9.17, 15) is 9.59 Å². The van der Waals surface area contributed by atoms with Gasteiger partial charge in [0.2, 0.25) is 22.1 Å². The molecule has 1 saturated carbocycles. The summed E-state index contributed by atoms with van der Waals surface area (Å²) in [4.78, 5) is 33.4. The van der Waals surface area contributed by atoms with E-state index in [1.807, 2.05) is 38.1 Å². The Kier molecular flexibility index (Phi) is 8.08. The summed E-state index contributed by atoms with van der Waals surface area (Å²) in [6.45, 7) is 3.69. The van der Waals surface area contributed by atoms with E-state index in [-0.39, 0.29) is 23.7 Å². The standard InChI is InChI=1S/C26H28N8O2S2/c1-15(19-5-3-9-27-13-19)22(35)29-25-33-31-21(37-25)12-17-7-8-18(11-17)24-32-34-26(38-24)30-23(36)16(2)20-6-4-10-28-14-20/h3-6,9-10,13-18H,7-8,11-12H2,1-2H3,(H,29,33,35)(H,30,34,36)/t15-,16-,17-,18+/m0/s1. The predicted molar refractivity (Wildman–Crippen MR) is 146 cm³/mol. The van der Waals surface area contributed by atoms with Gasteiger partial charge in [0.25, 0.3) is 0 Å². The lowest BCUT2D eigenvalue weighted by atomic mass is 10.0. The third kappa shape index (κ3) is 6.25. The van der Waals surface area contributed by atoms with Crippen molar-refractivity contribution in [1.82, 2.24) is 30.4 Å². The minimum absolute atomic E-state index is 0.126. The number of aromatic nitrogens is 6. The predicted octanol–water partition coefficient (Wildman–Crippen LogP) is 4.79. The number of hydrogen-bond donors (Lipinski definition) is 2. The monoisotopic (exact) mass is 548 g/mol. The van der Waals surface area contributed by atoms with Crippen molar-refractivity contribution in [3.63, 3.8) is 0 Å². The summed E-state index contributed by atoms with van der Waals surface area (Å²) < 4.78 is 0. The highest BCUT2D eigenvalue weighted by atomic mass is 32.1. The lowest BCUT2D eigenvalue weighted by Gasteiger charge is -2.10. The fraction of sp³-hybridized carbons (Fsp3) is 0.385. The Bertz CT molecular complexity index is 1380. The minimum Gasteiger partial charge on any atom is -0.300 e. The van der Waals surface area contributed by atoms with Gasteiger partial charge in [-0.1, -0.05) is 34.8 Å². The van der Waals surface area contributed by atoms with Gasteiger partial charge >= 0.3 is 0 Å². The van der Waals surface area contributed by atoms with Crippen LogP contribution < -0.4 is 10.6 Å². The second-order valence-electron chi connectivity index (χ2n) is 9.52. The van der Waals surface area contributed by atoms with Crippen molar-refractivity contribution in [3.05, 3.63) is 70.2 Å². The summed E-state index contributed by atoms with van der Waals surface area (Å²) in [6, 6.07) is 7.41. The Morgan fingerprint density at radius 1 is 0.868 bits per heavy atom. The quantitative estimate of drug-likeness (QED) is 0.305. The molecule has 5 rings (SSSR count). The van der Waals surface area contributed by atoms with Crippen LogP contribution in [0.25, 0.3) is 0 Å². The van der Waals surface area contributed by atoms with Gasteiger partial charge in [-0.3, -0.25) is 19.6 Å². The zero-order valence-electron chi connectivity index (χ0n) is 21.1. The number of anilines is 2. The molecule has 0 aliphatic heterocycles. The van der Waals surface area contributed by atoms with E-state index < -0.39 is 0 Å². The second-order valence-corrected chi connectivity index (χ2v) is 11.6. The molecule has 2 amide bonds. The number of pyridine rings is 2. The van der Waals surface area contributed by atoms with Crippen LogP contribution in [0.5, 0.6) is 0 Å². The lowest BCUT2D eigenvalue weighted by Crippen LogP contribution is -2.18. The topological polar surface area (TPSA) is 136 Å². The molecule has 0 saturated heterocycles. The van der Waals surface area contributed by atoms with Crippen LogP contribution in [0.2, 0.25) is 0 Å². The smallest absolute Gasteiger partial charge is 0.233 e. The highest BCUT2D eigenvalue weighted by Gasteiger charge is 2.30. The molecule has 0 bridgehead atoms. The molecule has 4 atom stereocenters. The van der Waals surface area contributed by atoms with Crippen LogP contribution in [0.3, 0.4) is 0 Å². The summed E-state index contributed by atoms with van der Waals surface area (Å²) in [5, 5.41) is 25.7. The maximum absolute atomic E-state index is 12.6. The number of nitrogens with zero attached hydrogens (tertiary/aromatic N) is 6. The molecule has 0 aromatic carbocycles. The molecule has 10 nitrogen and oxygen atoms in total. The number of hydrogen-bond acceptors (Lipinski definition) is 10. The lowest BCUT2D eigenvalue weighted by molar-refractivity contribution is -0.118. The molecule has 4 aromatic heterocycles. The summed E-state index contributed by atoms with van der Waals surface area (Å²) >= 11 is 2.87. The average molecular weight is 549 g/mol. The highest BCUT2D eigenvalue weighted by Crippen LogP contribution is 2.41. The third-order valence-corrected chi connectivity index (χ3v) is 8.74. The molecular weight excluding hydrogens is 520 g/mol. The molecular formula is C26H28N8O2S2. The molecule has 1 fully saturated rings. The molecule has 196 valence electrons. The van der Waals surface area contributed by atoms with Gasteiger partial charge in [0.05, 0.1) is 11.8 Å². The van der Waals surface area contributed by atoms with E-state index in [0.717, 1.165) is 46.8 Å². The zero-order chi connectivity index (χ0) is 26.5. The van der Waals surface area contributed by atoms with E-state index in [4.69, 9.17) is 0 Å². The first kappa shape index (κ1) is 26.0. The first-order valence-electron chi connectivity index (χ1n) is 12.5. The molecule has 12 heteroatoms. The Morgan fingerprint density at radius 2 is 1.47 bits per heavy atom. The molecule has 4 heterocycles. The maximum atomic E-state index is 12.6. The number of rotatable bonds is 9. The zero-order valence-corrected chi connectivity index (χ0v) is 22.7. The van der Waals surface area contributed by atoms with Gasteiger partial charge in [-0.25, -0.2) is 0 Å². The van der Waals surface area contributed by atoms with E-state index in [0.29, 0.717) is 22.1 Å². The number of carbonyl (C=O) groups excluding carboxylic acids is 2. The fourth-order valence-corrected chi connectivity index (χ4v) is 6.31. The van der Waals surface area contributed by atoms with Gasteiger partial charge in [-0.05, 0) is 62.3 Å². The van der Waals surface area contributed by atoms with E-state index in [1.165, 1.54) is 22.7 Å². The highest BCUT2D eigenvalue weighted by molar-refractivity contribution is 7.15. The molecule has 0 spiro atoms. The van der Waals surface area contributed by atoms with E-state index in [1.54, 1.807) is 24.8 Å². The first-order valence-corrected chi connectivity index (χ1v) is 14.2. The largest absolute Gasteiger partial charge is 0.300 e. The van der Waals surface area contributed by atoms with Crippen LogP contribution in [0.1, 0.15) is 72.0 Å². The Labute approximate surface area is 228 Å². The van der Waals surface area contributed by atoms with Gasteiger partial charge in [0.1, 0.15) is 10.0 Å². The van der Waals surface area contributed by atoms with Gasteiger partial charge in [-0.2, -0.15) is 0 Å². The Morgan fingerprint density at radius 3 is 2.08 bits per heavy atom. The molecule has 1 aliphatic carbocycles. The molecule has 0 unspecified atom stereocenters. The van der Waals surface area contributed by atoms with E-state index in [2.05, 4.69) is 41.0 Å². The Balaban J connectivity index is 1.11. The number of nitrogens with one attached hydrogen (secondary N) is 2. The van der Waals surface area contributed by atoms with E-state index >= 15 is 0 Å². The van der Waals surface area contributed by atoms with Crippen LogP contribution in [0, 0.1) is 5.92 Å². The van der Waals surface area contributed by atoms with Crippen molar-refractivity contribution in [2.45, 2.75) is 57.3 Å². The van der Waals surface area contributed by atoms with Gasteiger partial charge < -0.3 is 10.6 Å². The van der Waals surface area contributed by atoms with Crippen LogP contribution >= 0.6 is 22.7 Å². The fourth-order valence-electron chi connectivity index (χ4n) is 4.56. The first-order chi connectivity index (χ1) is 18.5. The van der Waals surface area contributed by atoms with Crippen molar-refractivity contribution in [3.8, 4) is 0 Å². The molecule has 38 heavy (non-hydrogen) atoms. The summed E-state index contributed by atoms with van der Waals surface area (Å²) in [7, 11) is 0. The maximum Gasteiger partial charge on any atom is 0.233 e. The molecule has 0 radical (unpaired) electrons. The van der Waals surface area contributed by atoms with Crippen molar-refractivity contribution in [2.24, 2.45) is 5.92 Å². The normalized spacial score (nSPS) is 18.6. The summed E-state index contributed by atoms with van der Waals surface area (Å²) in [5.41, 5.74) is 1.71. The average Bonchev–Trinajstić information content (AvgIpc) is 3.71. The Hall–Kier alpha value is -3.64. The number of amides is 2. The number of carbonyl (C=O) groups is 2. The minimum atomic E-state index is -0.327. The van der Waals surface area contributed by atoms with Gasteiger partial charge in [0, 0.05) is 37.1 Å². The van der Waals surface area contributed by atoms with Crippen LogP contribution in [0.4, 0.5) is 10.3 Å². The van der Waals surface area contributed by atoms with Crippen LogP contribution in [0.15, 0.2) is 49.1 Å². The molecule has 4 aromatic rings. The van der Waals surface area contributed by atoms with Gasteiger partial charge in [-0.15, -0.1) is 20.4 Å². The van der Waals surface area contributed by atoms with Crippen LogP contribution in [-0.2, 0) is 16.0 Å². The summed E-state index contributed by atoms with van der Waals surface area (Å²) in [5.74, 6) is -0.141. The molecule has 2 N–H and O–H groups in total. The van der Waals surface area contributed by atoms with Crippen molar-refractivity contribution in [2.75, 3.05) is 10.6 Å².